The van der Waals surface area contributed by atoms with E-state index in [-0.39, 0.29) is 0 Å². The van der Waals surface area contributed by atoms with E-state index in [0.717, 1.165) is 29.6 Å². The van der Waals surface area contributed by atoms with Crippen molar-refractivity contribution in [3.8, 4) is 5.75 Å². The van der Waals surface area contributed by atoms with Crippen LogP contribution in [0.15, 0.2) is 42.5 Å². The number of aromatic nitrogens is 1. The molecule has 0 saturated carbocycles. The lowest BCUT2D eigenvalue weighted by Crippen LogP contribution is -2.01. The van der Waals surface area contributed by atoms with Crippen LogP contribution in [0.5, 0.6) is 5.75 Å². The number of hydrogen-bond donors (Lipinski definition) is 2. The molecule has 0 aliphatic heterocycles. The Morgan fingerprint density at radius 2 is 1.84 bits per heavy atom. The fraction of sp³-hybridized carbons (Fsp3) is 0.267. The largest absolute Gasteiger partial charge is 0.494 e. The summed E-state index contributed by atoms with van der Waals surface area (Å²) in [6.45, 7) is 5.54. The summed E-state index contributed by atoms with van der Waals surface area (Å²) in [5.74, 6) is 2.54. The number of pyridine rings is 1. The van der Waals surface area contributed by atoms with Gasteiger partial charge >= 0.3 is 0 Å². The van der Waals surface area contributed by atoms with Crippen molar-refractivity contribution in [1.29, 1.82) is 0 Å². The lowest BCUT2D eigenvalue weighted by molar-refractivity contribution is 0.340. The summed E-state index contributed by atoms with van der Waals surface area (Å²) in [5, 5.41) is 6.46. The molecule has 0 spiro atoms. The van der Waals surface area contributed by atoms with Gasteiger partial charge in [-0.2, -0.15) is 0 Å². The van der Waals surface area contributed by atoms with Crippen LogP contribution in [-0.2, 0) is 0 Å². The molecular formula is C15H19N3O. The summed E-state index contributed by atoms with van der Waals surface area (Å²) in [7, 11) is 0. The molecule has 0 aliphatic carbocycles. The molecule has 2 rings (SSSR count). The number of benzene rings is 1. The van der Waals surface area contributed by atoms with E-state index < -0.39 is 0 Å². The number of nitrogens with zero attached hydrogens (tertiary/aromatic N) is 1. The molecule has 0 amide bonds. The molecule has 0 bridgehead atoms. The second kappa shape index (κ2) is 6.64. The minimum absolute atomic E-state index is 0.664. The summed E-state index contributed by atoms with van der Waals surface area (Å²) >= 11 is 0. The van der Waals surface area contributed by atoms with Gasteiger partial charge in [-0.15, -0.1) is 0 Å². The first-order valence-electron chi connectivity index (χ1n) is 6.52. The number of rotatable bonds is 6. The van der Waals surface area contributed by atoms with Crippen molar-refractivity contribution in [1.82, 2.24) is 4.98 Å². The first-order chi connectivity index (χ1) is 9.31. The Morgan fingerprint density at radius 1 is 1.05 bits per heavy atom. The average Bonchev–Trinajstić information content (AvgIpc) is 2.40. The van der Waals surface area contributed by atoms with Crippen molar-refractivity contribution in [2.45, 2.75) is 13.8 Å². The maximum atomic E-state index is 5.47. The normalized spacial score (nSPS) is 10.0. The van der Waals surface area contributed by atoms with Gasteiger partial charge in [0, 0.05) is 18.3 Å². The third-order valence-corrected chi connectivity index (χ3v) is 2.52. The van der Waals surface area contributed by atoms with Gasteiger partial charge in [-0.1, -0.05) is 12.1 Å². The SMILES string of the molecule is CCNc1cccc(Nc2cccc(OCC)c2)n1. The van der Waals surface area contributed by atoms with Gasteiger partial charge in [-0.3, -0.25) is 0 Å². The highest BCUT2D eigenvalue weighted by atomic mass is 16.5. The Bertz CT molecular complexity index is 481. The van der Waals surface area contributed by atoms with Gasteiger partial charge in [0.15, 0.2) is 0 Å². The van der Waals surface area contributed by atoms with E-state index >= 15 is 0 Å². The molecule has 0 fully saturated rings. The fourth-order valence-corrected chi connectivity index (χ4v) is 1.76. The molecule has 0 saturated heterocycles. The molecule has 2 N–H and O–H groups in total. The van der Waals surface area contributed by atoms with Gasteiger partial charge in [0.05, 0.1) is 6.61 Å². The zero-order valence-electron chi connectivity index (χ0n) is 11.3. The van der Waals surface area contributed by atoms with Gasteiger partial charge in [0.1, 0.15) is 17.4 Å². The molecular weight excluding hydrogens is 238 g/mol. The van der Waals surface area contributed by atoms with E-state index in [0.29, 0.717) is 6.61 Å². The third-order valence-electron chi connectivity index (χ3n) is 2.52. The fourth-order valence-electron chi connectivity index (χ4n) is 1.76. The maximum absolute atomic E-state index is 5.47. The Kier molecular flexibility index (Phi) is 4.61. The lowest BCUT2D eigenvalue weighted by Gasteiger charge is -2.09. The molecule has 2 aromatic rings. The minimum Gasteiger partial charge on any atom is -0.494 e. The highest BCUT2D eigenvalue weighted by Gasteiger charge is 1.99. The second-order valence-electron chi connectivity index (χ2n) is 4.02. The van der Waals surface area contributed by atoms with Crippen LogP contribution in [0.4, 0.5) is 17.3 Å². The van der Waals surface area contributed by atoms with E-state index in [9.17, 15) is 0 Å². The molecule has 0 radical (unpaired) electrons. The minimum atomic E-state index is 0.664. The Morgan fingerprint density at radius 3 is 2.63 bits per heavy atom. The van der Waals surface area contributed by atoms with Crippen LogP contribution in [0, 0.1) is 0 Å². The molecule has 4 nitrogen and oxygen atoms in total. The van der Waals surface area contributed by atoms with Crippen LogP contribution in [0.2, 0.25) is 0 Å². The molecule has 19 heavy (non-hydrogen) atoms. The van der Waals surface area contributed by atoms with Crippen molar-refractivity contribution in [3.05, 3.63) is 42.5 Å². The summed E-state index contributed by atoms with van der Waals surface area (Å²) in [6.07, 6.45) is 0. The molecule has 100 valence electrons. The van der Waals surface area contributed by atoms with Gasteiger partial charge < -0.3 is 15.4 Å². The highest BCUT2D eigenvalue weighted by Crippen LogP contribution is 2.21. The number of anilines is 3. The van der Waals surface area contributed by atoms with Crippen LogP contribution in [0.25, 0.3) is 0 Å². The molecule has 0 atom stereocenters. The van der Waals surface area contributed by atoms with E-state index in [4.69, 9.17) is 4.74 Å². The Labute approximate surface area is 113 Å². The average molecular weight is 257 g/mol. The zero-order chi connectivity index (χ0) is 13.5. The van der Waals surface area contributed by atoms with E-state index in [2.05, 4.69) is 15.6 Å². The molecule has 0 unspecified atom stereocenters. The van der Waals surface area contributed by atoms with Gasteiger partial charge in [-0.05, 0) is 38.1 Å². The van der Waals surface area contributed by atoms with E-state index in [1.807, 2.05) is 56.3 Å². The first kappa shape index (κ1) is 13.2. The predicted molar refractivity (Wildman–Crippen MR) is 79.3 cm³/mol. The second-order valence-corrected chi connectivity index (χ2v) is 4.02. The third kappa shape index (κ3) is 3.88. The number of ether oxygens (including phenoxy) is 1. The molecule has 1 heterocycles. The van der Waals surface area contributed by atoms with E-state index in [1.165, 1.54) is 0 Å². The summed E-state index contributed by atoms with van der Waals surface area (Å²) in [6, 6.07) is 13.7. The topological polar surface area (TPSA) is 46.2 Å². The van der Waals surface area contributed by atoms with Crippen LogP contribution in [0.1, 0.15) is 13.8 Å². The van der Waals surface area contributed by atoms with Crippen LogP contribution < -0.4 is 15.4 Å². The quantitative estimate of drug-likeness (QED) is 0.829. The van der Waals surface area contributed by atoms with Gasteiger partial charge in [-0.25, -0.2) is 4.98 Å². The lowest BCUT2D eigenvalue weighted by atomic mass is 10.3. The van der Waals surface area contributed by atoms with Gasteiger partial charge in [0.25, 0.3) is 0 Å². The van der Waals surface area contributed by atoms with Crippen LogP contribution in [-0.4, -0.2) is 18.1 Å². The number of hydrogen-bond acceptors (Lipinski definition) is 4. The van der Waals surface area contributed by atoms with Crippen LogP contribution >= 0.6 is 0 Å². The van der Waals surface area contributed by atoms with Crippen LogP contribution in [0.3, 0.4) is 0 Å². The Balaban J connectivity index is 2.11. The molecule has 1 aromatic heterocycles. The first-order valence-corrected chi connectivity index (χ1v) is 6.52. The van der Waals surface area contributed by atoms with Crippen molar-refractivity contribution >= 4 is 17.3 Å². The van der Waals surface area contributed by atoms with Crippen molar-refractivity contribution in [2.24, 2.45) is 0 Å². The summed E-state index contributed by atoms with van der Waals surface area (Å²) < 4.78 is 5.47. The highest BCUT2D eigenvalue weighted by molar-refractivity contribution is 5.59. The van der Waals surface area contributed by atoms with Crippen molar-refractivity contribution < 1.29 is 4.74 Å². The Hall–Kier alpha value is -2.23. The summed E-state index contributed by atoms with van der Waals surface area (Å²) in [4.78, 5) is 4.47. The smallest absolute Gasteiger partial charge is 0.132 e. The van der Waals surface area contributed by atoms with E-state index in [1.54, 1.807) is 0 Å². The van der Waals surface area contributed by atoms with Crippen molar-refractivity contribution in [2.75, 3.05) is 23.8 Å². The van der Waals surface area contributed by atoms with Crippen molar-refractivity contribution in [3.63, 3.8) is 0 Å². The summed E-state index contributed by atoms with van der Waals surface area (Å²) in [5.41, 5.74) is 0.965. The molecule has 4 heteroatoms. The predicted octanol–water partition coefficient (Wildman–Crippen LogP) is 3.66. The maximum Gasteiger partial charge on any atom is 0.132 e. The number of nitrogens with one attached hydrogen (secondary N) is 2. The zero-order valence-corrected chi connectivity index (χ0v) is 11.3. The van der Waals surface area contributed by atoms with Gasteiger partial charge in [0.2, 0.25) is 0 Å². The molecule has 0 aliphatic rings. The molecule has 1 aromatic carbocycles. The standard InChI is InChI=1S/C15H19N3O/c1-3-16-14-9-6-10-15(18-14)17-12-7-5-8-13(11-12)19-4-2/h5-11H,3-4H2,1-2H3,(H2,16,17,18). The monoisotopic (exact) mass is 257 g/mol.